The summed E-state index contributed by atoms with van der Waals surface area (Å²) in [7, 11) is 0. The molecule has 144 valence electrons. The summed E-state index contributed by atoms with van der Waals surface area (Å²) >= 11 is 0. The predicted octanol–water partition coefficient (Wildman–Crippen LogP) is 5.56. The van der Waals surface area contributed by atoms with E-state index in [1.807, 2.05) is 39.0 Å². The van der Waals surface area contributed by atoms with Crippen LogP contribution in [0.1, 0.15) is 43.5 Å². The molecule has 2 aromatic carbocycles. The van der Waals surface area contributed by atoms with Crippen molar-refractivity contribution in [3.05, 3.63) is 53.1 Å². The summed E-state index contributed by atoms with van der Waals surface area (Å²) in [6.07, 6.45) is -4.36. The van der Waals surface area contributed by atoms with Crippen molar-refractivity contribution in [3.63, 3.8) is 0 Å². The molecule has 0 spiro atoms. The molecule has 0 saturated carbocycles. The zero-order valence-electron chi connectivity index (χ0n) is 15.5. The topological polar surface area (TPSA) is 30.5 Å². The molecule has 2 aliphatic heterocycles. The number of para-hydroxylation sites is 1. The van der Waals surface area contributed by atoms with E-state index in [2.05, 4.69) is 5.32 Å². The van der Waals surface area contributed by atoms with Crippen LogP contribution < -0.4 is 14.8 Å². The molecule has 2 heterocycles. The lowest BCUT2D eigenvalue weighted by atomic mass is 9.65. The third-order valence-electron chi connectivity index (χ3n) is 5.73. The summed E-state index contributed by atoms with van der Waals surface area (Å²) in [4.78, 5) is 0. The molecule has 1 N–H and O–H groups in total. The SMILES string of the molecule is CCOc1cccc2c1OCC1C2Nc2ccc(C(F)(F)F)cc2C1(C)C. The van der Waals surface area contributed by atoms with Crippen LogP contribution in [0.2, 0.25) is 0 Å². The van der Waals surface area contributed by atoms with E-state index in [9.17, 15) is 13.2 Å². The smallest absolute Gasteiger partial charge is 0.416 e. The number of hydrogen-bond donors (Lipinski definition) is 1. The van der Waals surface area contributed by atoms with Gasteiger partial charge in [-0.2, -0.15) is 13.2 Å². The van der Waals surface area contributed by atoms with E-state index in [0.717, 1.165) is 23.1 Å². The highest BCUT2D eigenvalue weighted by molar-refractivity contribution is 5.63. The lowest BCUT2D eigenvalue weighted by Gasteiger charge is -2.48. The second-order valence-electron chi connectivity index (χ2n) is 7.63. The third-order valence-corrected chi connectivity index (χ3v) is 5.73. The fraction of sp³-hybridized carbons (Fsp3) is 0.429. The molecule has 0 aromatic heterocycles. The molecule has 3 nitrogen and oxygen atoms in total. The van der Waals surface area contributed by atoms with E-state index >= 15 is 0 Å². The van der Waals surface area contributed by atoms with E-state index < -0.39 is 17.2 Å². The number of anilines is 1. The number of halogens is 3. The maximum atomic E-state index is 13.2. The van der Waals surface area contributed by atoms with Crippen LogP contribution in [0.3, 0.4) is 0 Å². The molecule has 27 heavy (non-hydrogen) atoms. The lowest BCUT2D eigenvalue weighted by Crippen LogP contribution is -2.46. The molecule has 0 saturated heterocycles. The van der Waals surface area contributed by atoms with E-state index in [4.69, 9.17) is 9.47 Å². The van der Waals surface area contributed by atoms with Crippen molar-refractivity contribution >= 4 is 5.69 Å². The van der Waals surface area contributed by atoms with Crippen LogP contribution in [0.4, 0.5) is 18.9 Å². The van der Waals surface area contributed by atoms with Gasteiger partial charge in [0, 0.05) is 22.6 Å². The summed E-state index contributed by atoms with van der Waals surface area (Å²) in [5, 5.41) is 3.46. The summed E-state index contributed by atoms with van der Waals surface area (Å²) < 4.78 is 51.3. The van der Waals surface area contributed by atoms with Gasteiger partial charge >= 0.3 is 6.18 Å². The molecule has 4 rings (SSSR count). The van der Waals surface area contributed by atoms with Crippen molar-refractivity contribution < 1.29 is 22.6 Å². The van der Waals surface area contributed by atoms with Crippen LogP contribution in [-0.2, 0) is 11.6 Å². The van der Waals surface area contributed by atoms with E-state index in [0.29, 0.717) is 24.5 Å². The zero-order chi connectivity index (χ0) is 19.4. The Hall–Kier alpha value is -2.37. The van der Waals surface area contributed by atoms with Gasteiger partial charge in [0.25, 0.3) is 0 Å². The van der Waals surface area contributed by atoms with Gasteiger partial charge in [0.05, 0.1) is 24.8 Å². The molecule has 0 radical (unpaired) electrons. The Bertz CT molecular complexity index is 876. The maximum Gasteiger partial charge on any atom is 0.416 e. The Balaban J connectivity index is 1.80. The molecule has 0 bridgehead atoms. The van der Waals surface area contributed by atoms with Gasteiger partial charge in [0.1, 0.15) is 0 Å². The van der Waals surface area contributed by atoms with Crippen molar-refractivity contribution in [3.8, 4) is 11.5 Å². The summed E-state index contributed by atoms with van der Waals surface area (Å²) in [6.45, 7) is 6.85. The Kier molecular flexibility index (Phi) is 4.05. The van der Waals surface area contributed by atoms with Gasteiger partial charge in [-0.15, -0.1) is 0 Å². The number of hydrogen-bond acceptors (Lipinski definition) is 3. The summed E-state index contributed by atoms with van der Waals surface area (Å²) in [5.74, 6) is 1.42. The molecule has 0 fully saturated rings. The minimum absolute atomic E-state index is 0.00198. The Labute approximate surface area is 156 Å². The average molecular weight is 377 g/mol. The first-order valence-electron chi connectivity index (χ1n) is 9.10. The van der Waals surface area contributed by atoms with Crippen molar-refractivity contribution in [2.75, 3.05) is 18.5 Å². The Morgan fingerprint density at radius 2 is 2.00 bits per heavy atom. The van der Waals surface area contributed by atoms with Crippen LogP contribution in [-0.4, -0.2) is 13.2 Å². The molecular weight excluding hydrogens is 355 g/mol. The van der Waals surface area contributed by atoms with Crippen molar-refractivity contribution in [1.82, 2.24) is 0 Å². The van der Waals surface area contributed by atoms with Crippen LogP contribution in [0.25, 0.3) is 0 Å². The van der Waals surface area contributed by atoms with Crippen molar-refractivity contribution in [2.45, 2.75) is 38.4 Å². The van der Waals surface area contributed by atoms with Gasteiger partial charge in [-0.1, -0.05) is 26.0 Å². The number of ether oxygens (including phenoxy) is 2. The van der Waals surface area contributed by atoms with Crippen LogP contribution in [0, 0.1) is 5.92 Å². The molecule has 2 aliphatic rings. The lowest BCUT2D eigenvalue weighted by molar-refractivity contribution is -0.137. The highest BCUT2D eigenvalue weighted by Gasteiger charge is 2.47. The first kappa shape index (κ1) is 18.0. The standard InChI is InChI=1S/C21H22F3NO2/c1-4-26-17-7-5-6-13-18-15(11-27-19(13)17)20(2,3)14-10-12(21(22,23)24)8-9-16(14)25-18/h5-10,15,18,25H,4,11H2,1-3H3. The Morgan fingerprint density at radius 3 is 2.70 bits per heavy atom. The molecular formula is C21H22F3NO2. The van der Waals surface area contributed by atoms with E-state index in [1.54, 1.807) is 0 Å². The van der Waals surface area contributed by atoms with Crippen LogP contribution >= 0.6 is 0 Å². The average Bonchev–Trinajstić information content (AvgIpc) is 2.61. The first-order valence-corrected chi connectivity index (χ1v) is 9.10. The Morgan fingerprint density at radius 1 is 1.22 bits per heavy atom. The van der Waals surface area contributed by atoms with Gasteiger partial charge < -0.3 is 14.8 Å². The minimum Gasteiger partial charge on any atom is -0.490 e. The highest BCUT2D eigenvalue weighted by atomic mass is 19.4. The van der Waals surface area contributed by atoms with Crippen LogP contribution in [0.15, 0.2) is 36.4 Å². The minimum atomic E-state index is -4.36. The molecule has 2 unspecified atom stereocenters. The number of rotatable bonds is 2. The van der Waals surface area contributed by atoms with E-state index in [-0.39, 0.29) is 12.0 Å². The number of benzene rings is 2. The van der Waals surface area contributed by atoms with Gasteiger partial charge in [-0.05, 0) is 36.8 Å². The van der Waals surface area contributed by atoms with Gasteiger partial charge in [-0.25, -0.2) is 0 Å². The van der Waals surface area contributed by atoms with Gasteiger partial charge in [0.15, 0.2) is 11.5 Å². The number of alkyl halides is 3. The van der Waals surface area contributed by atoms with E-state index in [1.165, 1.54) is 12.1 Å². The quantitative estimate of drug-likeness (QED) is 0.744. The largest absolute Gasteiger partial charge is 0.490 e. The zero-order valence-corrected chi connectivity index (χ0v) is 15.5. The third kappa shape index (κ3) is 2.82. The normalized spacial score (nSPS) is 22.6. The predicted molar refractivity (Wildman–Crippen MR) is 97.4 cm³/mol. The van der Waals surface area contributed by atoms with Gasteiger partial charge in [-0.3, -0.25) is 0 Å². The van der Waals surface area contributed by atoms with Crippen molar-refractivity contribution in [2.24, 2.45) is 5.92 Å². The molecule has 6 heteroatoms. The fourth-order valence-electron chi connectivity index (χ4n) is 4.24. The van der Waals surface area contributed by atoms with Gasteiger partial charge in [0.2, 0.25) is 0 Å². The summed E-state index contributed by atoms with van der Waals surface area (Å²) in [6, 6.07) is 9.69. The van der Waals surface area contributed by atoms with Crippen LogP contribution in [0.5, 0.6) is 11.5 Å². The molecule has 0 aliphatic carbocycles. The second kappa shape index (κ2) is 6.08. The highest BCUT2D eigenvalue weighted by Crippen LogP contribution is 2.54. The maximum absolute atomic E-state index is 13.2. The molecule has 0 amide bonds. The number of nitrogens with one attached hydrogen (secondary N) is 1. The summed E-state index contributed by atoms with van der Waals surface area (Å²) in [5.41, 5.74) is 1.29. The van der Waals surface area contributed by atoms with Crippen molar-refractivity contribution in [1.29, 1.82) is 0 Å². The fourth-order valence-corrected chi connectivity index (χ4v) is 4.24. The molecule has 2 aromatic rings. The second-order valence-corrected chi connectivity index (χ2v) is 7.63. The monoisotopic (exact) mass is 377 g/mol. The number of fused-ring (bicyclic) bond motifs is 4. The molecule has 2 atom stereocenters. The first-order chi connectivity index (χ1) is 12.7.